The van der Waals surface area contributed by atoms with Gasteiger partial charge in [-0.15, -0.1) is 0 Å². The Morgan fingerprint density at radius 3 is 3.11 bits per heavy atom. The molecule has 0 amide bonds. The number of nitrogens with zero attached hydrogens (tertiary/aromatic N) is 1. The van der Waals surface area contributed by atoms with Gasteiger partial charge in [0.25, 0.3) is 0 Å². The quantitative estimate of drug-likeness (QED) is 0.885. The summed E-state index contributed by atoms with van der Waals surface area (Å²) in [6, 6.07) is 3.53. The Labute approximate surface area is 113 Å². The van der Waals surface area contributed by atoms with Gasteiger partial charge in [-0.25, -0.2) is 9.78 Å². The fraction of sp³-hybridized carbons (Fsp3) is 0.600. The first-order valence-electron chi connectivity index (χ1n) is 6.99. The fourth-order valence-corrected chi connectivity index (χ4v) is 2.72. The highest BCUT2D eigenvalue weighted by atomic mass is 16.5. The summed E-state index contributed by atoms with van der Waals surface area (Å²) in [6.07, 6.45) is 7.65. The highest BCUT2D eigenvalue weighted by Crippen LogP contribution is 2.29. The number of aromatic carboxylic acids is 1. The molecule has 2 rings (SSSR count). The maximum Gasteiger partial charge on any atom is 0.354 e. The van der Waals surface area contributed by atoms with Crippen LogP contribution in [0.1, 0.15) is 55.1 Å². The van der Waals surface area contributed by atoms with Gasteiger partial charge in [-0.05, 0) is 24.8 Å². The molecule has 0 aliphatic heterocycles. The maximum absolute atomic E-state index is 11.1. The number of carboxylic acids is 1. The molecule has 104 valence electrons. The first-order valence-corrected chi connectivity index (χ1v) is 6.99. The highest BCUT2D eigenvalue weighted by Gasteiger charge is 2.22. The van der Waals surface area contributed by atoms with Crippen molar-refractivity contribution in [1.82, 2.24) is 4.98 Å². The van der Waals surface area contributed by atoms with Crippen LogP contribution in [0.4, 0.5) is 0 Å². The van der Waals surface area contributed by atoms with Crippen molar-refractivity contribution in [2.45, 2.75) is 51.7 Å². The van der Waals surface area contributed by atoms with Crippen molar-refractivity contribution in [2.24, 2.45) is 5.92 Å². The molecule has 4 heteroatoms. The van der Waals surface area contributed by atoms with Crippen LogP contribution >= 0.6 is 0 Å². The lowest BCUT2D eigenvalue weighted by molar-refractivity contribution is 0.00112. The van der Waals surface area contributed by atoms with E-state index in [2.05, 4.69) is 11.9 Å². The molecule has 1 heterocycles. The molecule has 1 aliphatic carbocycles. The van der Waals surface area contributed by atoms with Crippen molar-refractivity contribution >= 4 is 5.97 Å². The molecule has 0 aromatic carbocycles. The van der Waals surface area contributed by atoms with Crippen LogP contribution in [-0.2, 0) is 11.3 Å². The van der Waals surface area contributed by atoms with Gasteiger partial charge in [0.2, 0.25) is 0 Å². The number of hydrogen-bond donors (Lipinski definition) is 1. The van der Waals surface area contributed by atoms with Crippen LogP contribution in [0.2, 0.25) is 0 Å². The number of aromatic nitrogens is 1. The van der Waals surface area contributed by atoms with E-state index >= 15 is 0 Å². The molecule has 1 N–H and O–H groups in total. The van der Waals surface area contributed by atoms with E-state index in [4.69, 9.17) is 9.84 Å². The van der Waals surface area contributed by atoms with E-state index in [1.807, 2.05) is 0 Å². The number of rotatable bonds is 5. The van der Waals surface area contributed by atoms with Gasteiger partial charge in [-0.3, -0.25) is 0 Å². The zero-order valence-electron chi connectivity index (χ0n) is 11.3. The smallest absolute Gasteiger partial charge is 0.354 e. The molecule has 2 atom stereocenters. The number of hydrogen-bond acceptors (Lipinski definition) is 3. The topological polar surface area (TPSA) is 59.4 Å². The van der Waals surface area contributed by atoms with Crippen molar-refractivity contribution in [1.29, 1.82) is 0 Å². The van der Waals surface area contributed by atoms with Crippen LogP contribution < -0.4 is 0 Å². The van der Waals surface area contributed by atoms with E-state index in [1.165, 1.54) is 25.5 Å². The predicted octanol–water partition coefficient (Wildman–Crippen LogP) is 3.27. The minimum atomic E-state index is -0.991. The van der Waals surface area contributed by atoms with Gasteiger partial charge < -0.3 is 9.84 Å². The van der Waals surface area contributed by atoms with Gasteiger partial charge in [0, 0.05) is 11.8 Å². The van der Waals surface area contributed by atoms with Crippen molar-refractivity contribution in [3.63, 3.8) is 0 Å². The molecule has 19 heavy (non-hydrogen) atoms. The zero-order chi connectivity index (χ0) is 13.7. The molecule has 0 saturated heterocycles. The van der Waals surface area contributed by atoms with Gasteiger partial charge in [0.15, 0.2) is 5.69 Å². The maximum atomic E-state index is 11.1. The number of carboxylic acid groups (broad SMARTS) is 1. The molecule has 1 aliphatic rings. The van der Waals surface area contributed by atoms with Crippen molar-refractivity contribution in [3.05, 3.63) is 29.6 Å². The first-order chi connectivity index (χ1) is 9.20. The van der Waals surface area contributed by atoms with E-state index in [0.717, 1.165) is 18.8 Å². The Kier molecular flexibility index (Phi) is 4.91. The van der Waals surface area contributed by atoms with Crippen molar-refractivity contribution < 1.29 is 14.6 Å². The minimum absolute atomic E-state index is 0.102. The van der Waals surface area contributed by atoms with Gasteiger partial charge in [-0.2, -0.15) is 0 Å². The van der Waals surface area contributed by atoms with Gasteiger partial charge in [-0.1, -0.05) is 32.3 Å². The van der Waals surface area contributed by atoms with Crippen molar-refractivity contribution in [2.75, 3.05) is 0 Å². The van der Waals surface area contributed by atoms with Gasteiger partial charge in [0.1, 0.15) is 0 Å². The lowest BCUT2D eigenvalue weighted by atomic mass is 9.85. The van der Waals surface area contributed by atoms with Gasteiger partial charge >= 0.3 is 5.97 Å². The van der Waals surface area contributed by atoms with Crippen LogP contribution in [-0.4, -0.2) is 22.2 Å². The van der Waals surface area contributed by atoms with E-state index in [9.17, 15) is 4.79 Å². The fourth-order valence-electron chi connectivity index (χ4n) is 2.72. The third kappa shape index (κ3) is 3.77. The molecule has 4 nitrogen and oxygen atoms in total. The summed E-state index contributed by atoms with van der Waals surface area (Å²) < 4.78 is 5.89. The Morgan fingerprint density at radius 2 is 2.37 bits per heavy atom. The lowest BCUT2D eigenvalue weighted by Gasteiger charge is -2.28. The molecule has 1 saturated carbocycles. The third-order valence-corrected chi connectivity index (χ3v) is 3.88. The summed E-state index contributed by atoms with van der Waals surface area (Å²) in [6.45, 7) is 2.56. The van der Waals surface area contributed by atoms with Crippen LogP contribution in [0.25, 0.3) is 0 Å². The molecule has 1 fully saturated rings. The number of ether oxygens (including phenoxy) is 1. The van der Waals surface area contributed by atoms with E-state index in [-0.39, 0.29) is 11.8 Å². The monoisotopic (exact) mass is 263 g/mol. The largest absolute Gasteiger partial charge is 0.477 e. The predicted molar refractivity (Wildman–Crippen MR) is 72.0 cm³/mol. The average Bonchev–Trinajstić information content (AvgIpc) is 2.45. The molecule has 1 aromatic heterocycles. The SMILES string of the molecule is CCC1CCCC(OCc2cccnc2C(=O)O)C1. The summed E-state index contributed by atoms with van der Waals surface area (Å²) in [7, 11) is 0. The Balaban J connectivity index is 1.93. The Morgan fingerprint density at radius 1 is 1.53 bits per heavy atom. The zero-order valence-corrected chi connectivity index (χ0v) is 11.3. The lowest BCUT2D eigenvalue weighted by Crippen LogP contribution is -2.23. The number of carbonyl (C=O) groups is 1. The average molecular weight is 263 g/mol. The van der Waals surface area contributed by atoms with Crippen LogP contribution in [0.3, 0.4) is 0 Å². The van der Waals surface area contributed by atoms with Crippen LogP contribution in [0.15, 0.2) is 18.3 Å². The number of pyridine rings is 1. The molecule has 0 spiro atoms. The molecule has 1 aromatic rings. The summed E-state index contributed by atoms with van der Waals surface area (Å²) in [5.74, 6) is -0.235. The minimum Gasteiger partial charge on any atom is -0.477 e. The van der Waals surface area contributed by atoms with Gasteiger partial charge in [0.05, 0.1) is 12.7 Å². The molecular formula is C15H21NO3. The van der Waals surface area contributed by atoms with Crippen LogP contribution in [0, 0.1) is 5.92 Å². The van der Waals surface area contributed by atoms with E-state index in [1.54, 1.807) is 12.1 Å². The Bertz CT molecular complexity index is 433. The summed E-state index contributed by atoms with van der Waals surface area (Å²) in [5, 5.41) is 9.06. The summed E-state index contributed by atoms with van der Waals surface area (Å²) >= 11 is 0. The standard InChI is InChI=1S/C15H21NO3/c1-2-11-5-3-7-13(9-11)19-10-12-6-4-8-16-14(12)15(17)18/h4,6,8,11,13H,2-3,5,7,9-10H2,1H3,(H,17,18). The van der Waals surface area contributed by atoms with Crippen molar-refractivity contribution in [3.8, 4) is 0 Å². The first kappa shape index (κ1) is 14.0. The second-order valence-electron chi connectivity index (χ2n) is 5.19. The van der Waals surface area contributed by atoms with Crippen LogP contribution in [0.5, 0.6) is 0 Å². The van der Waals surface area contributed by atoms with E-state index < -0.39 is 5.97 Å². The summed E-state index contributed by atoms with van der Waals surface area (Å²) in [4.78, 5) is 14.9. The molecule has 0 bridgehead atoms. The highest BCUT2D eigenvalue weighted by molar-refractivity contribution is 5.86. The molecular weight excluding hydrogens is 242 g/mol. The normalized spacial score (nSPS) is 23.2. The summed E-state index contributed by atoms with van der Waals surface area (Å²) in [5.41, 5.74) is 0.763. The second kappa shape index (κ2) is 6.66. The molecule has 0 radical (unpaired) electrons. The second-order valence-corrected chi connectivity index (χ2v) is 5.19. The molecule has 2 unspecified atom stereocenters. The van der Waals surface area contributed by atoms with E-state index in [0.29, 0.717) is 12.2 Å². The third-order valence-electron chi connectivity index (χ3n) is 3.88. The Hall–Kier alpha value is -1.42.